The molecule has 2 aliphatic rings. The number of nitrogen functional groups attached to an aromatic ring is 1. The Hall–Kier alpha value is -2.05. The van der Waals surface area contributed by atoms with Crippen LogP contribution in [0, 0.1) is 0 Å². The number of aromatic nitrogens is 2. The molecule has 2 heterocycles. The molecule has 1 aliphatic carbocycles. The molecule has 1 unspecified atom stereocenters. The zero-order chi connectivity index (χ0) is 14.8. The number of carbonyl (C=O) groups is 1. The molecule has 1 aliphatic heterocycles. The summed E-state index contributed by atoms with van der Waals surface area (Å²) < 4.78 is 0. The topological polar surface area (TPSA) is 104 Å². The number of amides is 1. The van der Waals surface area contributed by atoms with Crippen LogP contribution in [0.5, 0.6) is 0 Å². The number of hydrogen-bond donors (Lipinski definition) is 3. The van der Waals surface area contributed by atoms with E-state index in [0.717, 1.165) is 50.2 Å². The van der Waals surface area contributed by atoms with E-state index in [1.807, 2.05) is 0 Å². The average Bonchev–Trinajstić information content (AvgIpc) is 2.74. The van der Waals surface area contributed by atoms with Crippen LogP contribution in [0.4, 0.5) is 16.6 Å². The lowest BCUT2D eigenvalue weighted by Crippen LogP contribution is -2.36. The second kappa shape index (κ2) is 5.75. The Bertz CT molecular complexity index is 548. The highest BCUT2D eigenvalue weighted by Gasteiger charge is 2.28. The Labute approximate surface area is 123 Å². The van der Waals surface area contributed by atoms with Gasteiger partial charge in [-0.2, -0.15) is 4.98 Å². The first kappa shape index (κ1) is 13.9. The van der Waals surface area contributed by atoms with E-state index in [9.17, 15) is 4.79 Å². The molecule has 3 rings (SSSR count). The SMILES string of the molecule is Nc1nc2c(c(N3CCC(NC(=O)O)C3)n1)CCCCC2. The highest BCUT2D eigenvalue weighted by atomic mass is 16.4. The molecular weight excluding hydrogens is 270 g/mol. The standard InChI is InChI=1S/C14H21N5O2/c15-13-17-11-5-3-1-2-4-10(11)12(18-13)19-7-6-9(8-19)16-14(20)21/h9,16H,1-8H2,(H,20,21)(H2,15,17,18). The molecule has 4 N–H and O–H groups in total. The van der Waals surface area contributed by atoms with Crippen LogP contribution < -0.4 is 16.0 Å². The average molecular weight is 291 g/mol. The lowest BCUT2D eigenvalue weighted by atomic mass is 10.1. The maximum Gasteiger partial charge on any atom is 0.404 e. The van der Waals surface area contributed by atoms with Gasteiger partial charge >= 0.3 is 6.09 Å². The number of rotatable bonds is 2. The van der Waals surface area contributed by atoms with Crippen LogP contribution in [-0.4, -0.2) is 40.3 Å². The quantitative estimate of drug-likeness (QED) is 0.707. The molecule has 0 bridgehead atoms. The summed E-state index contributed by atoms with van der Waals surface area (Å²) in [6, 6.07) is -0.0416. The molecule has 21 heavy (non-hydrogen) atoms. The summed E-state index contributed by atoms with van der Waals surface area (Å²) in [6.07, 6.45) is 5.27. The summed E-state index contributed by atoms with van der Waals surface area (Å²) in [7, 11) is 0. The van der Waals surface area contributed by atoms with Crippen LogP contribution in [0.3, 0.4) is 0 Å². The molecule has 1 saturated heterocycles. The monoisotopic (exact) mass is 291 g/mol. The molecule has 1 atom stereocenters. The lowest BCUT2D eigenvalue weighted by molar-refractivity contribution is 0.191. The molecule has 7 nitrogen and oxygen atoms in total. The fourth-order valence-electron chi connectivity index (χ4n) is 3.28. The van der Waals surface area contributed by atoms with Crippen molar-refractivity contribution in [3.63, 3.8) is 0 Å². The molecule has 7 heteroatoms. The van der Waals surface area contributed by atoms with E-state index in [-0.39, 0.29) is 6.04 Å². The Morgan fingerprint density at radius 2 is 2.10 bits per heavy atom. The van der Waals surface area contributed by atoms with Crippen molar-refractivity contribution in [2.24, 2.45) is 0 Å². The van der Waals surface area contributed by atoms with Crippen LogP contribution in [0.25, 0.3) is 0 Å². The van der Waals surface area contributed by atoms with E-state index in [1.54, 1.807) is 0 Å². The Balaban J connectivity index is 1.85. The number of aryl methyl sites for hydroxylation is 1. The number of anilines is 2. The summed E-state index contributed by atoms with van der Waals surface area (Å²) in [5.41, 5.74) is 8.14. The Kier molecular flexibility index (Phi) is 3.81. The van der Waals surface area contributed by atoms with Crippen LogP contribution in [-0.2, 0) is 12.8 Å². The third-order valence-electron chi connectivity index (χ3n) is 4.24. The van der Waals surface area contributed by atoms with Crippen molar-refractivity contribution in [3.05, 3.63) is 11.3 Å². The van der Waals surface area contributed by atoms with Crippen LogP contribution in [0.1, 0.15) is 36.9 Å². The van der Waals surface area contributed by atoms with Crippen molar-refractivity contribution in [2.75, 3.05) is 23.7 Å². The van der Waals surface area contributed by atoms with Gasteiger partial charge in [0.2, 0.25) is 5.95 Å². The minimum Gasteiger partial charge on any atom is -0.465 e. The van der Waals surface area contributed by atoms with Gasteiger partial charge in [-0.3, -0.25) is 0 Å². The summed E-state index contributed by atoms with van der Waals surface area (Å²) in [4.78, 5) is 21.7. The first-order valence-electron chi connectivity index (χ1n) is 7.53. The van der Waals surface area contributed by atoms with E-state index in [0.29, 0.717) is 12.5 Å². The van der Waals surface area contributed by atoms with E-state index in [1.165, 1.54) is 12.0 Å². The second-order valence-electron chi connectivity index (χ2n) is 5.77. The Morgan fingerprint density at radius 1 is 1.29 bits per heavy atom. The van der Waals surface area contributed by atoms with Gasteiger partial charge in [-0.1, -0.05) is 6.42 Å². The van der Waals surface area contributed by atoms with Crippen molar-refractivity contribution in [1.82, 2.24) is 15.3 Å². The molecule has 0 radical (unpaired) electrons. The highest BCUT2D eigenvalue weighted by molar-refractivity contribution is 5.65. The molecule has 1 aromatic rings. The number of nitrogens with two attached hydrogens (primary N) is 1. The molecule has 0 spiro atoms. The smallest absolute Gasteiger partial charge is 0.404 e. The number of carboxylic acid groups (broad SMARTS) is 1. The van der Waals surface area contributed by atoms with Crippen molar-refractivity contribution >= 4 is 17.9 Å². The van der Waals surface area contributed by atoms with E-state index in [4.69, 9.17) is 10.8 Å². The Morgan fingerprint density at radius 3 is 2.90 bits per heavy atom. The number of fused-ring (bicyclic) bond motifs is 1. The molecule has 1 amide bonds. The van der Waals surface area contributed by atoms with Gasteiger partial charge in [0.15, 0.2) is 0 Å². The maximum absolute atomic E-state index is 10.8. The second-order valence-corrected chi connectivity index (χ2v) is 5.77. The third kappa shape index (κ3) is 3.01. The summed E-state index contributed by atoms with van der Waals surface area (Å²) in [6.45, 7) is 1.45. The summed E-state index contributed by atoms with van der Waals surface area (Å²) in [5, 5.41) is 11.4. The number of nitrogens with zero attached hydrogens (tertiary/aromatic N) is 3. The molecule has 1 fully saturated rings. The van der Waals surface area contributed by atoms with Crippen LogP contribution >= 0.6 is 0 Å². The van der Waals surface area contributed by atoms with E-state index in [2.05, 4.69) is 20.2 Å². The maximum atomic E-state index is 10.8. The zero-order valence-corrected chi connectivity index (χ0v) is 12.0. The van der Waals surface area contributed by atoms with Crippen molar-refractivity contribution in [1.29, 1.82) is 0 Å². The summed E-state index contributed by atoms with van der Waals surface area (Å²) >= 11 is 0. The molecule has 114 valence electrons. The first-order chi connectivity index (χ1) is 10.1. The van der Waals surface area contributed by atoms with E-state index >= 15 is 0 Å². The van der Waals surface area contributed by atoms with Crippen molar-refractivity contribution in [2.45, 2.75) is 44.6 Å². The summed E-state index contributed by atoms with van der Waals surface area (Å²) in [5.74, 6) is 1.23. The van der Waals surface area contributed by atoms with E-state index < -0.39 is 6.09 Å². The van der Waals surface area contributed by atoms with Crippen molar-refractivity contribution in [3.8, 4) is 0 Å². The molecule has 0 aromatic carbocycles. The normalized spacial score (nSPS) is 21.7. The third-order valence-corrected chi connectivity index (χ3v) is 4.24. The van der Waals surface area contributed by atoms with Gasteiger partial charge in [0.05, 0.1) is 11.7 Å². The molecular formula is C14H21N5O2. The van der Waals surface area contributed by atoms with Gasteiger partial charge < -0.3 is 21.1 Å². The molecule has 1 aromatic heterocycles. The number of nitrogens with one attached hydrogen (secondary N) is 1. The van der Waals surface area contributed by atoms with Gasteiger partial charge in [0, 0.05) is 18.7 Å². The fraction of sp³-hybridized carbons (Fsp3) is 0.643. The van der Waals surface area contributed by atoms with Gasteiger partial charge in [0.25, 0.3) is 0 Å². The minimum atomic E-state index is -0.970. The van der Waals surface area contributed by atoms with Gasteiger partial charge in [-0.15, -0.1) is 0 Å². The van der Waals surface area contributed by atoms with Gasteiger partial charge in [-0.25, -0.2) is 9.78 Å². The van der Waals surface area contributed by atoms with Gasteiger partial charge in [-0.05, 0) is 32.1 Å². The van der Waals surface area contributed by atoms with Crippen LogP contribution in [0.15, 0.2) is 0 Å². The van der Waals surface area contributed by atoms with Gasteiger partial charge in [0.1, 0.15) is 5.82 Å². The lowest BCUT2D eigenvalue weighted by Gasteiger charge is -2.22. The minimum absolute atomic E-state index is 0.0416. The zero-order valence-electron chi connectivity index (χ0n) is 12.0. The van der Waals surface area contributed by atoms with Crippen molar-refractivity contribution < 1.29 is 9.90 Å². The first-order valence-corrected chi connectivity index (χ1v) is 7.53. The predicted octanol–water partition coefficient (Wildman–Crippen LogP) is 1.17. The largest absolute Gasteiger partial charge is 0.465 e. The number of hydrogen-bond acceptors (Lipinski definition) is 5. The molecule has 0 saturated carbocycles. The highest BCUT2D eigenvalue weighted by Crippen LogP contribution is 2.30. The van der Waals surface area contributed by atoms with Crippen LogP contribution in [0.2, 0.25) is 0 Å². The fourth-order valence-corrected chi connectivity index (χ4v) is 3.28. The predicted molar refractivity (Wildman–Crippen MR) is 79.5 cm³/mol.